The molecule has 0 aromatic carbocycles. The first-order valence-electron chi connectivity index (χ1n) is 3.58. The Morgan fingerprint density at radius 3 is 1.75 bits per heavy atom. The number of hydrogen-bond acceptors (Lipinski definition) is 3. The van der Waals surface area contributed by atoms with Crippen molar-refractivity contribution < 1.29 is 13.5 Å². The number of aliphatic hydroxyl groups excluding tert-OH is 1. The minimum absolute atomic E-state index is 0.394. The maximum Gasteiger partial charge on any atom is 0.162 e. The summed E-state index contributed by atoms with van der Waals surface area (Å²) in [6.07, 6.45) is 0.312. The maximum atomic E-state index is 11.1. The minimum atomic E-state index is -3.15. The normalized spacial score (nSPS) is 18.8. The third kappa shape index (κ3) is 3.57. The molecule has 74 valence electrons. The highest BCUT2D eigenvalue weighted by Gasteiger charge is 2.34. The van der Waals surface area contributed by atoms with E-state index in [0.717, 1.165) is 6.26 Å². The molecule has 0 saturated carbocycles. The number of rotatable bonds is 2. The summed E-state index contributed by atoms with van der Waals surface area (Å²) in [7, 11) is -3.15. The molecule has 0 amide bonds. The van der Waals surface area contributed by atoms with Gasteiger partial charge in [-0.25, -0.2) is 8.42 Å². The lowest BCUT2D eigenvalue weighted by Crippen LogP contribution is -2.38. The van der Waals surface area contributed by atoms with Crippen LogP contribution in [0.1, 0.15) is 20.8 Å². The van der Waals surface area contributed by atoms with Gasteiger partial charge in [0.15, 0.2) is 9.84 Å². The molecular weight excluding hydrogens is 291 g/mol. The van der Waals surface area contributed by atoms with E-state index in [9.17, 15) is 13.5 Å². The van der Waals surface area contributed by atoms with Gasteiger partial charge in [-0.3, -0.25) is 0 Å². The molecule has 0 aliphatic heterocycles. The molecule has 3 nitrogen and oxygen atoms in total. The number of halogens is 1. The van der Waals surface area contributed by atoms with Gasteiger partial charge >= 0.3 is 0 Å². The van der Waals surface area contributed by atoms with Gasteiger partial charge in [0.25, 0.3) is 0 Å². The molecule has 0 aliphatic carbocycles. The van der Waals surface area contributed by atoms with E-state index in [2.05, 4.69) is 0 Å². The third-order valence-electron chi connectivity index (χ3n) is 1.54. The highest BCUT2D eigenvalue weighted by Crippen LogP contribution is 2.28. The van der Waals surface area contributed by atoms with Crippen LogP contribution in [0.3, 0.4) is 0 Å². The van der Waals surface area contributed by atoms with Gasteiger partial charge in [0.1, 0.15) is 3.26 Å². The molecule has 0 aromatic rings. The SMILES string of the molecule is CC(C)(C)[C@H](O)[C@@H](I)S(C)(=O)=O. The van der Waals surface area contributed by atoms with Gasteiger partial charge in [-0.05, 0) is 5.41 Å². The van der Waals surface area contributed by atoms with E-state index in [0.29, 0.717) is 0 Å². The molecule has 0 bridgehead atoms. The van der Waals surface area contributed by atoms with Gasteiger partial charge in [0.05, 0.1) is 6.10 Å². The van der Waals surface area contributed by atoms with E-state index < -0.39 is 24.6 Å². The van der Waals surface area contributed by atoms with Crippen LogP contribution in [0.2, 0.25) is 0 Å². The second kappa shape index (κ2) is 3.79. The van der Waals surface area contributed by atoms with Crippen molar-refractivity contribution in [2.45, 2.75) is 30.1 Å². The highest BCUT2D eigenvalue weighted by atomic mass is 127. The molecule has 1 N–H and O–H groups in total. The summed E-state index contributed by atoms with van der Waals surface area (Å²) >= 11 is 1.76. The first kappa shape index (κ1) is 12.6. The number of sulfone groups is 1. The summed E-state index contributed by atoms with van der Waals surface area (Å²) < 4.78 is 21.4. The van der Waals surface area contributed by atoms with Crippen molar-refractivity contribution in [1.82, 2.24) is 0 Å². The van der Waals surface area contributed by atoms with Crippen LogP contribution < -0.4 is 0 Å². The smallest absolute Gasteiger partial charge is 0.162 e. The van der Waals surface area contributed by atoms with Gasteiger partial charge in [-0.1, -0.05) is 43.4 Å². The predicted octanol–water partition coefficient (Wildman–Crippen LogP) is 1.20. The van der Waals surface area contributed by atoms with Gasteiger partial charge in [0.2, 0.25) is 0 Å². The fourth-order valence-electron chi connectivity index (χ4n) is 0.627. The van der Waals surface area contributed by atoms with Crippen LogP contribution in [0.25, 0.3) is 0 Å². The third-order valence-corrected chi connectivity index (χ3v) is 6.07. The van der Waals surface area contributed by atoms with E-state index in [1.807, 2.05) is 20.8 Å². The molecule has 0 spiro atoms. The Hall–Kier alpha value is 0.640. The molecule has 0 aliphatic rings. The predicted molar refractivity (Wildman–Crippen MR) is 58.1 cm³/mol. The fraction of sp³-hybridized carbons (Fsp3) is 1.00. The lowest BCUT2D eigenvalue weighted by atomic mass is 9.90. The van der Waals surface area contributed by atoms with E-state index in [-0.39, 0.29) is 0 Å². The standard InChI is InChI=1S/C7H15IO3S/c1-7(2,3)5(9)6(8)12(4,10)11/h5-6,9H,1-4H3/t5-,6+/m1/s1. The summed E-state index contributed by atoms with van der Waals surface area (Å²) in [6, 6.07) is 0. The monoisotopic (exact) mass is 306 g/mol. The Labute approximate surface area is 87.6 Å². The summed E-state index contributed by atoms with van der Waals surface area (Å²) in [4.78, 5) is 0. The lowest BCUT2D eigenvalue weighted by Gasteiger charge is -2.28. The average molecular weight is 306 g/mol. The topological polar surface area (TPSA) is 54.4 Å². The molecule has 0 aromatic heterocycles. The van der Waals surface area contributed by atoms with Crippen LogP contribution in [0.15, 0.2) is 0 Å². The van der Waals surface area contributed by atoms with Gasteiger partial charge in [-0.2, -0.15) is 0 Å². The zero-order valence-corrected chi connectivity index (χ0v) is 10.7. The molecule has 2 atom stereocenters. The molecule has 0 unspecified atom stereocenters. The Kier molecular flexibility index (Phi) is 3.99. The Bertz CT molecular complexity index is 240. The second-order valence-corrected chi connectivity index (χ2v) is 8.35. The zero-order valence-electron chi connectivity index (χ0n) is 7.70. The van der Waals surface area contributed by atoms with Crippen LogP contribution in [0.5, 0.6) is 0 Å². The highest BCUT2D eigenvalue weighted by molar-refractivity contribution is 14.1. The molecule has 5 heteroatoms. The molecule has 12 heavy (non-hydrogen) atoms. The maximum absolute atomic E-state index is 11.1. The van der Waals surface area contributed by atoms with E-state index in [4.69, 9.17) is 0 Å². The number of aliphatic hydroxyl groups is 1. The van der Waals surface area contributed by atoms with Crippen molar-refractivity contribution in [2.24, 2.45) is 5.41 Å². The quantitative estimate of drug-likeness (QED) is 0.616. The lowest BCUT2D eigenvalue weighted by molar-refractivity contribution is 0.0790. The van der Waals surface area contributed by atoms with Crippen LogP contribution >= 0.6 is 22.6 Å². The van der Waals surface area contributed by atoms with Crippen LogP contribution in [0.4, 0.5) is 0 Å². The summed E-state index contributed by atoms with van der Waals surface area (Å²) in [5.74, 6) is 0. The average Bonchev–Trinajstić information content (AvgIpc) is 1.80. The van der Waals surface area contributed by atoms with Crippen LogP contribution in [-0.4, -0.2) is 29.1 Å². The molecule has 0 radical (unpaired) electrons. The minimum Gasteiger partial charge on any atom is -0.390 e. The van der Waals surface area contributed by atoms with E-state index in [1.165, 1.54) is 0 Å². The van der Waals surface area contributed by atoms with E-state index in [1.54, 1.807) is 22.6 Å². The van der Waals surface area contributed by atoms with Crippen LogP contribution in [0, 0.1) is 5.41 Å². The van der Waals surface area contributed by atoms with E-state index >= 15 is 0 Å². The zero-order chi connectivity index (χ0) is 10.2. The Morgan fingerprint density at radius 1 is 1.33 bits per heavy atom. The van der Waals surface area contributed by atoms with Crippen molar-refractivity contribution in [3.05, 3.63) is 0 Å². The summed E-state index contributed by atoms with van der Waals surface area (Å²) in [5, 5.41) is 9.60. The van der Waals surface area contributed by atoms with Crippen LogP contribution in [-0.2, 0) is 9.84 Å². The Morgan fingerprint density at radius 2 is 1.67 bits per heavy atom. The summed E-state index contributed by atoms with van der Waals surface area (Å²) in [6.45, 7) is 5.44. The first-order chi connectivity index (χ1) is 5.07. The van der Waals surface area contributed by atoms with Crippen molar-refractivity contribution in [3.63, 3.8) is 0 Å². The number of hydrogen-bond donors (Lipinski definition) is 1. The van der Waals surface area contributed by atoms with Gasteiger partial charge in [-0.15, -0.1) is 0 Å². The Balaban J connectivity index is 4.64. The molecular formula is C7H15IO3S. The summed E-state index contributed by atoms with van der Waals surface area (Å²) in [5.41, 5.74) is -0.394. The molecule has 0 heterocycles. The largest absolute Gasteiger partial charge is 0.390 e. The fourth-order valence-corrected chi connectivity index (χ4v) is 2.58. The van der Waals surface area contributed by atoms with Crippen molar-refractivity contribution in [2.75, 3.05) is 6.26 Å². The van der Waals surface area contributed by atoms with Gasteiger partial charge in [0, 0.05) is 6.26 Å². The number of alkyl halides is 1. The molecule has 0 rings (SSSR count). The van der Waals surface area contributed by atoms with Gasteiger partial charge < -0.3 is 5.11 Å². The van der Waals surface area contributed by atoms with Crippen molar-refractivity contribution >= 4 is 32.4 Å². The van der Waals surface area contributed by atoms with Crippen molar-refractivity contribution in [3.8, 4) is 0 Å². The molecule has 0 saturated heterocycles. The van der Waals surface area contributed by atoms with Crippen molar-refractivity contribution in [1.29, 1.82) is 0 Å². The second-order valence-electron chi connectivity index (χ2n) is 3.99. The first-order valence-corrected chi connectivity index (χ1v) is 6.78. The molecule has 0 fully saturated rings.